The van der Waals surface area contributed by atoms with Crippen molar-refractivity contribution >= 4 is 66.2 Å². The number of aliphatic imine (C=N–C) groups is 3. The predicted molar refractivity (Wildman–Crippen MR) is 271 cm³/mol. The summed E-state index contributed by atoms with van der Waals surface area (Å²) in [6.07, 6.45) is 8.02. The van der Waals surface area contributed by atoms with Crippen LogP contribution in [0.4, 0.5) is 5.69 Å². The Bertz CT molecular complexity index is 3260. The Kier molecular flexibility index (Phi) is 10.6. The topological polar surface area (TPSA) is 104 Å². The molecule has 5 atom stereocenters. The van der Waals surface area contributed by atoms with Gasteiger partial charge in [-0.15, -0.1) is 11.3 Å². The van der Waals surface area contributed by atoms with Crippen molar-refractivity contribution in [2.75, 3.05) is 0 Å². The first-order valence-corrected chi connectivity index (χ1v) is 23.1. The fourth-order valence-corrected chi connectivity index (χ4v) is 10.6. The minimum Gasteiger partial charge on any atom is -0.383 e. The van der Waals surface area contributed by atoms with Crippen molar-refractivity contribution in [3.8, 4) is 0 Å². The summed E-state index contributed by atoms with van der Waals surface area (Å²) in [4.78, 5) is 15.6. The van der Waals surface area contributed by atoms with Gasteiger partial charge in [-0.3, -0.25) is 10.3 Å². The summed E-state index contributed by atoms with van der Waals surface area (Å²) in [5.74, 6) is 2.69. The zero-order valence-electron chi connectivity index (χ0n) is 36.0. The van der Waals surface area contributed by atoms with Gasteiger partial charge in [-0.05, 0) is 72.0 Å². The fraction of sp³-hybridized carbons (Fsp3) is 0.123. The van der Waals surface area contributed by atoms with Crippen LogP contribution in [0.3, 0.4) is 0 Å². The van der Waals surface area contributed by atoms with Crippen molar-refractivity contribution in [3.63, 3.8) is 0 Å². The molecule has 1 aliphatic heterocycles. The number of thiophene rings is 1. The third kappa shape index (κ3) is 7.87. The number of rotatable bonds is 8. The van der Waals surface area contributed by atoms with Crippen LogP contribution in [0.15, 0.2) is 215 Å². The summed E-state index contributed by atoms with van der Waals surface area (Å²) in [5.41, 5.74) is 24.0. The normalized spacial score (nSPS) is 20.6. The molecule has 8 heteroatoms. The van der Waals surface area contributed by atoms with E-state index in [1.54, 1.807) is 11.3 Å². The molecule has 65 heavy (non-hydrogen) atoms. The highest BCUT2D eigenvalue weighted by Crippen LogP contribution is 2.46. The Hall–Kier alpha value is -7.68. The van der Waals surface area contributed by atoms with Gasteiger partial charge in [0.25, 0.3) is 0 Å². The second kappa shape index (κ2) is 17.1. The van der Waals surface area contributed by atoms with Crippen molar-refractivity contribution < 1.29 is 4.58 Å². The quantitative estimate of drug-likeness (QED) is 0.0805. The van der Waals surface area contributed by atoms with Crippen molar-refractivity contribution in [2.45, 2.75) is 43.3 Å². The zero-order valence-corrected chi connectivity index (χ0v) is 36.8. The maximum absolute atomic E-state index is 7.21. The van der Waals surface area contributed by atoms with Gasteiger partial charge in [0.15, 0.2) is 5.84 Å². The number of allylic oxidation sites excluding steroid dienone is 2. The third-order valence-electron chi connectivity index (χ3n) is 12.9. The average molecular weight is 863 g/mol. The number of nitrogens with one attached hydrogen (secondary N) is 1. The number of hydrogen-bond donors (Lipinski definition) is 3. The van der Waals surface area contributed by atoms with E-state index in [9.17, 15) is 0 Å². The van der Waals surface area contributed by atoms with Gasteiger partial charge in [0.2, 0.25) is 5.84 Å². The molecule has 5 unspecified atom stereocenters. The molecule has 2 heterocycles. The van der Waals surface area contributed by atoms with E-state index >= 15 is 0 Å². The summed E-state index contributed by atoms with van der Waals surface area (Å²) in [6, 6.07) is 63.1. The Morgan fingerprint density at radius 3 is 2.18 bits per heavy atom. The van der Waals surface area contributed by atoms with Crippen LogP contribution in [0.2, 0.25) is 0 Å². The zero-order chi connectivity index (χ0) is 43.9. The molecule has 316 valence electrons. The molecule has 8 aromatic rings. The summed E-state index contributed by atoms with van der Waals surface area (Å²) in [7, 11) is 0. The number of guanidine groups is 1. The predicted octanol–water partition coefficient (Wildman–Crippen LogP) is 11.6. The van der Waals surface area contributed by atoms with Crippen molar-refractivity contribution in [3.05, 3.63) is 239 Å². The van der Waals surface area contributed by atoms with E-state index in [1.165, 1.54) is 22.3 Å². The minimum absolute atomic E-state index is 0.00584. The highest BCUT2D eigenvalue weighted by molar-refractivity contribution is 7.25. The lowest BCUT2D eigenvalue weighted by atomic mass is 9.87. The number of hydrogen-bond acceptors (Lipinski definition) is 2. The molecule has 0 bridgehead atoms. The van der Waals surface area contributed by atoms with Gasteiger partial charge in [-0.1, -0.05) is 169 Å². The molecule has 5 N–H and O–H groups in total. The van der Waals surface area contributed by atoms with Crippen molar-refractivity contribution in [2.24, 2.45) is 26.4 Å². The van der Waals surface area contributed by atoms with Crippen LogP contribution in [-0.2, 0) is 0 Å². The maximum Gasteiger partial charge on any atom is 0.394 e. The monoisotopic (exact) mass is 862 g/mol. The van der Waals surface area contributed by atoms with Crippen LogP contribution in [-0.4, -0.2) is 40.1 Å². The van der Waals surface area contributed by atoms with Crippen LogP contribution < -0.4 is 16.8 Å². The van der Waals surface area contributed by atoms with Crippen molar-refractivity contribution in [1.82, 2.24) is 5.32 Å². The lowest BCUT2D eigenvalue weighted by Gasteiger charge is -2.20. The molecule has 1 saturated carbocycles. The number of fused-ring (bicyclic) bond motifs is 6. The molecular weight excluding hydrogens is 815 g/mol. The number of amidine groups is 3. The molecule has 3 aliphatic rings. The molecule has 0 amide bonds. The minimum atomic E-state index is -0.123. The standard InChI is InChI=1S/C57H47N7S/c1-36(37-17-6-2-7-18-37)60-56(40-23-12-5-13-24-40)62-55(59)45-26-16-28-52-53(45)47-33-42(30-32-51(47)65-52)54(58)63-57(61-48-35-46(48)39-21-10-4-11-22-39)64-49-27-15-14-25-43(49)44-31-29-41(34-50(44)64)38-19-8-3-9-20-38/h2-34,36,44,46,48,50H,35H2,1H3,(H4,58,59,60,61,62,63)/p+1. The van der Waals surface area contributed by atoms with E-state index in [0.29, 0.717) is 23.4 Å². The van der Waals surface area contributed by atoms with Crippen LogP contribution in [0.25, 0.3) is 25.7 Å². The third-order valence-corrected chi connectivity index (χ3v) is 14.0. The summed E-state index contributed by atoms with van der Waals surface area (Å²) >= 11 is 1.73. The maximum atomic E-state index is 7.21. The molecule has 7 nitrogen and oxygen atoms in total. The Morgan fingerprint density at radius 1 is 0.692 bits per heavy atom. The van der Waals surface area contributed by atoms with E-state index in [4.69, 9.17) is 26.4 Å². The summed E-state index contributed by atoms with van der Waals surface area (Å²) in [5, 5.41) is 6.01. The first-order chi connectivity index (χ1) is 32.0. The summed E-state index contributed by atoms with van der Waals surface area (Å²) in [6.45, 7) is 2.08. The lowest BCUT2D eigenvalue weighted by molar-refractivity contribution is -0.465. The largest absolute Gasteiger partial charge is 0.394 e. The van der Waals surface area contributed by atoms with Crippen LogP contribution >= 0.6 is 11.3 Å². The highest BCUT2D eigenvalue weighted by atomic mass is 32.1. The molecule has 0 radical (unpaired) electrons. The number of para-hydroxylation sites is 1. The van der Waals surface area contributed by atoms with Gasteiger partial charge in [0, 0.05) is 54.3 Å². The smallest absolute Gasteiger partial charge is 0.383 e. The van der Waals surface area contributed by atoms with E-state index in [0.717, 1.165) is 60.5 Å². The molecule has 1 aromatic heterocycles. The van der Waals surface area contributed by atoms with E-state index < -0.39 is 0 Å². The van der Waals surface area contributed by atoms with Crippen molar-refractivity contribution in [1.29, 1.82) is 0 Å². The van der Waals surface area contributed by atoms with Gasteiger partial charge >= 0.3 is 5.96 Å². The number of nitrogens with zero attached hydrogens (tertiary/aromatic N) is 4. The van der Waals surface area contributed by atoms with E-state index in [1.807, 2.05) is 60.7 Å². The molecule has 0 spiro atoms. The highest BCUT2D eigenvalue weighted by Gasteiger charge is 2.46. The van der Waals surface area contributed by atoms with Gasteiger partial charge < -0.3 is 11.5 Å². The van der Waals surface area contributed by atoms with Crippen LogP contribution in [0.1, 0.15) is 70.2 Å². The first kappa shape index (κ1) is 40.1. The Morgan fingerprint density at radius 2 is 1.40 bits per heavy atom. The van der Waals surface area contributed by atoms with Crippen LogP contribution in [0, 0.1) is 0 Å². The second-order valence-corrected chi connectivity index (χ2v) is 18.1. The second-order valence-electron chi connectivity index (χ2n) is 17.0. The Balaban J connectivity index is 1.02. The SMILES string of the molecule is CC(N=C(N=C(N)c1cccc2sc3ccc(C(N)=NC(NC4CC4c4ccccc4)=[N+]4c5ccccc5C5C=CC(c6ccccc6)=CC54)cc3c12)c1ccccc1)c1ccccc1. The van der Waals surface area contributed by atoms with E-state index in [2.05, 4.69) is 156 Å². The molecule has 0 saturated heterocycles. The number of nitrogens with two attached hydrogens (primary N) is 2. The molecule has 7 aromatic carbocycles. The Labute approximate surface area is 383 Å². The van der Waals surface area contributed by atoms with E-state index in [-0.39, 0.29) is 24.0 Å². The van der Waals surface area contributed by atoms with Gasteiger partial charge in [0.1, 0.15) is 17.6 Å². The number of benzene rings is 7. The molecule has 11 rings (SSSR count). The molecular formula is C57H48N7S+. The fourth-order valence-electron chi connectivity index (χ4n) is 9.46. The summed E-state index contributed by atoms with van der Waals surface area (Å²) < 4.78 is 4.61. The molecule has 2 aliphatic carbocycles. The first-order valence-electron chi connectivity index (χ1n) is 22.3. The lowest BCUT2D eigenvalue weighted by Crippen LogP contribution is -2.38. The van der Waals surface area contributed by atoms with Gasteiger partial charge in [-0.2, -0.15) is 0 Å². The average Bonchev–Trinajstić information content (AvgIpc) is 3.91. The van der Waals surface area contributed by atoms with Gasteiger partial charge in [0.05, 0.1) is 12.1 Å². The molecule has 1 fully saturated rings. The van der Waals surface area contributed by atoms with Gasteiger partial charge in [-0.25, -0.2) is 9.57 Å². The van der Waals surface area contributed by atoms with Crippen LogP contribution in [0.5, 0.6) is 0 Å².